The Bertz CT molecular complexity index is 386. The Morgan fingerprint density at radius 2 is 2.17 bits per heavy atom. The minimum atomic E-state index is -0.519. The third-order valence-electron chi connectivity index (χ3n) is 3.80. The molecule has 0 bridgehead atoms. The van der Waals surface area contributed by atoms with E-state index in [0.717, 1.165) is 43.1 Å². The molecule has 0 unspecified atom stereocenters. The van der Waals surface area contributed by atoms with Gasteiger partial charge in [-0.3, -0.25) is 0 Å². The summed E-state index contributed by atoms with van der Waals surface area (Å²) in [4.78, 5) is 8.41. The van der Waals surface area contributed by atoms with Gasteiger partial charge in [0.1, 0.15) is 5.82 Å². The first kappa shape index (κ1) is 13.4. The maximum Gasteiger partial charge on any atom is 0.125 e. The van der Waals surface area contributed by atoms with E-state index in [1.54, 1.807) is 6.20 Å². The molecule has 0 radical (unpaired) electrons. The Kier molecular flexibility index (Phi) is 4.30. The third kappa shape index (κ3) is 3.75. The summed E-state index contributed by atoms with van der Waals surface area (Å²) < 4.78 is 0. The standard InChI is InChI=1S/C14H23N3O/c1-11-3-6-14(18,7-4-11)10-15-9-13-5-8-16-12(2)17-13/h5,8,11,15,18H,3-4,6-7,9-10H2,1-2H3. The van der Waals surface area contributed by atoms with Crippen LogP contribution in [0.25, 0.3) is 0 Å². The first-order valence-corrected chi connectivity index (χ1v) is 6.79. The molecular formula is C14H23N3O. The number of rotatable bonds is 4. The van der Waals surface area contributed by atoms with Crippen molar-refractivity contribution in [1.82, 2.24) is 15.3 Å². The molecule has 0 aromatic carbocycles. The highest BCUT2D eigenvalue weighted by Gasteiger charge is 2.31. The highest BCUT2D eigenvalue weighted by atomic mass is 16.3. The van der Waals surface area contributed by atoms with Crippen molar-refractivity contribution in [2.75, 3.05) is 6.54 Å². The van der Waals surface area contributed by atoms with Gasteiger partial charge in [0.25, 0.3) is 0 Å². The fraction of sp³-hybridized carbons (Fsp3) is 0.714. The van der Waals surface area contributed by atoms with Gasteiger partial charge in [-0.25, -0.2) is 9.97 Å². The maximum atomic E-state index is 10.4. The van der Waals surface area contributed by atoms with Crippen LogP contribution in [-0.4, -0.2) is 27.2 Å². The summed E-state index contributed by atoms with van der Waals surface area (Å²) in [6.45, 7) is 5.50. The molecule has 1 heterocycles. The topological polar surface area (TPSA) is 58.0 Å². The van der Waals surface area contributed by atoms with Gasteiger partial charge in [-0.2, -0.15) is 0 Å². The van der Waals surface area contributed by atoms with Crippen LogP contribution in [-0.2, 0) is 6.54 Å². The largest absolute Gasteiger partial charge is 0.389 e. The molecule has 1 aliphatic carbocycles. The summed E-state index contributed by atoms with van der Waals surface area (Å²) in [6.07, 6.45) is 5.85. The zero-order valence-corrected chi connectivity index (χ0v) is 11.3. The SMILES string of the molecule is Cc1nccc(CNCC2(O)CCC(C)CC2)n1. The van der Waals surface area contributed by atoms with E-state index in [9.17, 15) is 5.11 Å². The van der Waals surface area contributed by atoms with E-state index in [2.05, 4.69) is 22.2 Å². The number of aliphatic hydroxyl groups is 1. The first-order valence-electron chi connectivity index (χ1n) is 6.79. The molecule has 1 fully saturated rings. The van der Waals surface area contributed by atoms with Gasteiger partial charge in [0.2, 0.25) is 0 Å². The molecule has 2 rings (SSSR count). The molecule has 1 aromatic heterocycles. The van der Waals surface area contributed by atoms with Crippen LogP contribution in [0, 0.1) is 12.8 Å². The fourth-order valence-electron chi connectivity index (χ4n) is 2.50. The summed E-state index contributed by atoms with van der Waals surface area (Å²) in [6, 6.07) is 1.91. The lowest BCUT2D eigenvalue weighted by atomic mass is 9.79. The lowest BCUT2D eigenvalue weighted by Crippen LogP contribution is -2.43. The number of aromatic nitrogens is 2. The van der Waals surface area contributed by atoms with Crippen LogP contribution in [0.5, 0.6) is 0 Å². The molecule has 100 valence electrons. The van der Waals surface area contributed by atoms with Crippen LogP contribution in [0.15, 0.2) is 12.3 Å². The second-order valence-electron chi connectivity index (χ2n) is 5.61. The molecule has 1 aromatic rings. The predicted molar refractivity (Wildman–Crippen MR) is 71.1 cm³/mol. The molecule has 1 aliphatic rings. The molecule has 4 heteroatoms. The quantitative estimate of drug-likeness (QED) is 0.854. The Morgan fingerprint density at radius 1 is 1.44 bits per heavy atom. The average Bonchev–Trinajstić information content (AvgIpc) is 2.34. The monoisotopic (exact) mass is 249 g/mol. The smallest absolute Gasteiger partial charge is 0.125 e. The molecule has 4 nitrogen and oxygen atoms in total. The van der Waals surface area contributed by atoms with E-state index in [-0.39, 0.29) is 0 Å². The molecule has 0 amide bonds. The molecule has 18 heavy (non-hydrogen) atoms. The highest BCUT2D eigenvalue weighted by Crippen LogP contribution is 2.31. The Labute approximate surface area is 109 Å². The van der Waals surface area contributed by atoms with Crippen molar-refractivity contribution in [1.29, 1.82) is 0 Å². The van der Waals surface area contributed by atoms with Gasteiger partial charge in [0.15, 0.2) is 0 Å². The van der Waals surface area contributed by atoms with E-state index in [1.165, 1.54) is 0 Å². The zero-order valence-electron chi connectivity index (χ0n) is 11.3. The number of hydrogen-bond acceptors (Lipinski definition) is 4. The van der Waals surface area contributed by atoms with Crippen LogP contribution in [0.1, 0.15) is 44.1 Å². The van der Waals surface area contributed by atoms with Crippen molar-refractivity contribution in [3.63, 3.8) is 0 Å². The number of nitrogens with zero attached hydrogens (tertiary/aromatic N) is 2. The van der Waals surface area contributed by atoms with Crippen molar-refractivity contribution in [2.45, 2.75) is 51.7 Å². The van der Waals surface area contributed by atoms with Gasteiger partial charge in [0, 0.05) is 19.3 Å². The van der Waals surface area contributed by atoms with Gasteiger partial charge in [-0.05, 0) is 44.6 Å². The van der Waals surface area contributed by atoms with Gasteiger partial charge in [-0.1, -0.05) is 6.92 Å². The minimum Gasteiger partial charge on any atom is -0.389 e. The van der Waals surface area contributed by atoms with Crippen LogP contribution in [0.2, 0.25) is 0 Å². The van der Waals surface area contributed by atoms with Crippen LogP contribution in [0.4, 0.5) is 0 Å². The van der Waals surface area contributed by atoms with Gasteiger partial charge < -0.3 is 10.4 Å². The average molecular weight is 249 g/mol. The zero-order chi connectivity index (χ0) is 13.0. The lowest BCUT2D eigenvalue weighted by molar-refractivity contribution is -0.00635. The van der Waals surface area contributed by atoms with Crippen molar-refractivity contribution in [3.05, 3.63) is 23.8 Å². The molecule has 0 spiro atoms. The van der Waals surface area contributed by atoms with Crippen LogP contribution in [0.3, 0.4) is 0 Å². The maximum absolute atomic E-state index is 10.4. The second-order valence-corrected chi connectivity index (χ2v) is 5.61. The predicted octanol–water partition coefficient (Wildman–Crippen LogP) is 1.82. The highest BCUT2D eigenvalue weighted by molar-refractivity contribution is 5.01. The summed E-state index contributed by atoms with van der Waals surface area (Å²) in [7, 11) is 0. The Hall–Kier alpha value is -1.00. The van der Waals surface area contributed by atoms with E-state index >= 15 is 0 Å². The van der Waals surface area contributed by atoms with Crippen molar-refractivity contribution in [2.24, 2.45) is 5.92 Å². The van der Waals surface area contributed by atoms with Crippen LogP contribution < -0.4 is 5.32 Å². The fourth-order valence-corrected chi connectivity index (χ4v) is 2.50. The molecular weight excluding hydrogens is 226 g/mol. The lowest BCUT2D eigenvalue weighted by Gasteiger charge is -2.35. The van der Waals surface area contributed by atoms with Crippen molar-refractivity contribution < 1.29 is 5.11 Å². The van der Waals surface area contributed by atoms with Gasteiger partial charge in [-0.15, -0.1) is 0 Å². The second kappa shape index (κ2) is 5.76. The third-order valence-corrected chi connectivity index (χ3v) is 3.80. The molecule has 0 saturated heterocycles. The summed E-state index contributed by atoms with van der Waals surface area (Å²) in [5.74, 6) is 1.55. The summed E-state index contributed by atoms with van der Waals surface area (Å²) >= 11 is 0. The summed E-state index contributed by atoms with van der Waals surface area (Å²) in [5, 5.41) is 13.7. The molecule has 0 aliphatic heterocycles. The number of hydrogen-bond donors (Lipinski definition) is 2. The minimum absolute atomic E-state index is 0.519. The van der Waals surface area contributed by atoms with Crippen molar-refractivity contribution in [3.8, 4) is 0 Å². The van der Waals surface area contributed by atoms with Crippen molar-refractivity contribution >= 4 is 0 Å². The van der Waals surface area contributed by atoms with E-state index in [1.807, 2.05) is 13.0 Å². The Morgan fingerprint density at radius 3 is 2.83 bits per heavy atom. The Balaban J connectivity index is 1.78. The molecule has 2 N–H and O–H groups in total. The normalized spacial score (nSPS) is 28.3. The van der Waals surface area contributed by atoms with E-state index in [4.69, 9.17) is 0 Å². The van der Waals surface area contributed by atoms with E-state index in [0.29, 0.717) is 13.1 Å². The number of aryl methyl sites for hydroxylation is 1. The van der Waals surface area contributed by atoms with Gasteiger partial charge in [0.05, 0.1) is 11.3 Å². The summed E-state index contributed by atoms with van der Waals surface area (Å²) in [5.41, 5.74) is 0.462. The number of nitrogens with one attached hydrogen (secondary N) is 1. The van der Waals surface area contributed by atoms with Gasteiger partial charge >= 0.3 is 0 Å². The molecule has 1 saturated carbocycles. The van der Waals surface area contributed by atoms with Crippen LogP contribution >= 0.6 is 0 Å². The molecule has 0 atom stereocenters. The van der Waals surface area contributed by atoms with E-state index < -0.39 is 5.60 Å². The first-order chi connectivity index (χ1) is 8.57.